The van der Waals surface area contributed by atoms with Crippen LogP contribution in [0.25, 0.3) is 0 Å². The Labute approximate surface area is 117 Å². The second kappa shape index (κ2) is 6.77. The number of thioether (sulfide) groups is 1. The zero-order chi connectivity index (χ0) is 13.7. The van der Waals surface area contributed by atoms with E-state index in [-0.39, 0.29) is 11.9 Å². The van der Waals surface area contributed by atoms with Crippen LogP contribution in [0.4, 0.5) is 5.82 Å². The summed E-state index contributed by atoms with van der Waals surface area (Å²) in [5, 5.41) is 3.65. The van der Waals surface area contributed by atoms with E-state index in [1.165, 1.54) is 19.3 Å². The number of anilines is 1. The van der Waals surface area contributed by atoms with Crippen molar-refractivity contribution in [1.82, 2.24) is 10.3 Å². The van der Waals surface area contributed by atoms with Crippen molar-refractivity contribution in [3.05, 3.63) is 23.9 Å². The fourth-order valence-electron chi connectivity index (χ4n) is 2.41. The lowest BCUT2D eigenvalue weighted by Crippen LogP contribution is -2.43. The van der Waals surface area contributed by atoms with Crippen LogP contribution in [0.2, 0.25) is 0 Å². The maximum absolute atomic E-state index is 12.2. The first-order valence-electron chi connectivity index (χ1n) is 6.51. The molecule has 1 aromatic rings. The molecule has 0 aliphatic heterocycles. The molecule has 6 heteroatoms. The van der Waals surface area contributed by atoms with Crippen molar-refractivity contribution in [2.75, 3.05) is 11.7 Å². The molecule has 1 amide bonds. The Morgan fingerprint density at radius 3 is 2.84 bits per heavy atom. The molecule has 5 nitrogen and oxygen atoms in total. The molecule has 1 saturated carbocycles. The highest BCUT2D eigenvalue weighted by atomic mass is 32.2. The van der Waals surface area contributed by atoms with Crippen LogP contribution in [0, 0.1) is 0 Å². The van der Waals surface area contributed by atoms with Gasteiger partial charge in [-0.25, -0.2) is 10.8 Å². The van der Waals surface area contributed by atoms with E-state index in [1.54, 1.807) is 18.3 Å². The predicted molar refractivity (Wildman–Crippen MR) is 79.1 cm³/mol. The van der Waals surface area contributed by atoms with Crippen LogP contribution in [0.15, 0.2) is 18.3 Å². The Morgan fingerprint density at radius 2 is 2.21 bits per heavy atom. The number of hydrogen-bond acceptors (Lipinski definition) is 5. The summed E-state index contributed by atoms with van der Waals surface area (Å²) in [5.41, 5.74) is 3.02. The smallest absolute Gasteiger partial charge is 0.253 e. The Hall–Kier alpha value is -1.27. The van der Waals surface area contributed by atoms with Crippen molar-refractivity contribution in [2.24, 2.45) is 5.84 Å². The van der Waals surface area contributed by atoms with E-state index in [1.807, 2.05) is 11.8 Å². The topological polar surface area (TPSA) is 80.0 Å². The Morgan fingerprint density at radius 1 is 1.42 bits per heavy atom. The van der Waals surface area contributed by atoms with Gasteiger partial charge in [-0.3, -0.25) is 4.79 Å². The first-order valence-corrected chi connectivity index (χ1v) is 7.79. The van der Waals surface area contributed by atoms with Crippen LogP contribution >= 0.6 is 11.8 Å². The minimum atomic E-state index is -0.0537. The maximum Gasteiger partial charge on any atom is 0.253 e. The van der Waals surface area contributed by atoms with Crippen molar-refractivity contribution in [2.45, 2.75) is 37.0 Å². The number of nitrogen functional groups attached to an aromatic ring is 1. The van der Waals surface area contributed by atoms with Gasteiger partial charge in [0.1, 0.15) is 5.82 Å². The molecule has 4 N–H and O–H groups in total. The summed E-state index contributed by atoms with van der Waals surface area (Å²) in [5.74, 6) is 5.74. The largest absolute Gasteiger partial charge is 0.348 e. The number of hydrazine groups is 1. The second-order valence-electron chi connectivity index (χ2n) is 4.72. The van der Waals surface area contributed by atoms with E-state index in [0.29, 0.717) is 16.6 Å². The van der Waals surface area contributed by atoms with Gasteiger partial charge in [0.25, 0.3) is 5.91 Å². The first kappa shape index (κ1) is 14.1. The zero-order valence-corrected chi connectivity index (χ0v) is 11.9. The molecule has 1 heterocycles. The van der Waals surface area contributed by atoms with Gasteiger partial charge in [-0.15, -0.1) is 0 Å². The maximum atomic E-state index is 12.2. The van der Waals surface area contributed by atoms with Crippen molar-refractivity contribution in [3.63, 3.8) is 0 Å². The summed E-state index contributed by atoms with van der Waals surface area (Å²) in [6.45, 7) is 0. The normalized spacial score (nSPS) is 22.8. The third-order valence-electron chi connectivity index (χ3n) is 3.50. The van der Waals surface area contributed by atoms with Crippen LogP contribution in [0.3, 0.4) is 0 Å². The number of nitrogens with one attached hydrogen (secondary N) is 2. The minimum Gasteiger partial charge on any atom is -0.348 e. The molecule has 1 aromatic heterocycles. The Balaban J connectivity index is 1.98. The van der Waals surface area contributed by atoms with Crippen molar-refractivity contribution in [1.29, 1.82) is 0 Å². The quantitative estimate of drug-likeness (QED) is 0.578. The van der Waals surface area contributed by atoms with Gasteiger partial charge in [0, 0.05) is 17.5 Å². The van der Waals surface area contributed by atoms with Gasteiger partial charge >= 0.3 is 0 Å². The van der Waals surface area contributed by atoms with Crippen LogP contribution in [-0.4, -0.2) is 28.4 Å². The Kier molecular flexibility index (Phi) is 5.04. The highest BCUT2D eigenvalue weighted by Gasteiger charge is 2.25. The second-order valence-corrected chi connectivity index (χ2v) is 5.79. The summed E-state index contributed by atoms with van der Waals surface area (Å²) >= 11 is 1.84. The molecule has 104 valence electrons. The molecule has 1 aliphatic rings. The summed E-state index contributed by atoms with van der Waals surface area (Å²) in [7, 11) is 0. The zero-order valence-electron chi connectivity index (χ0n) is 11.1. The molecule has 2 unspecified atom stereocenters. The van der Waals surface area contributed by atoms with E-state index in [0.717, 1.165) is 6.42 Å². The van der Waals surface area contributed by atoms with E-state index >= 15 is 0 Å². The summed E-state index contributed by atoms with van der Waals surface area (Å²) in [6, 6.07) is 3.69. The average molecular weight is 280 g/mol. The fourth-order valence-corrected chi connectivity index (χ4v) is 3.34. The number of nitrogens with two attached hydrogens (primary N) is 1. The molecule has 0 aromatic carbocycles. The molecule has 2 atom stereocenters. The summed E-state index contributed by atoms with van der Waals surface area (Å²) in [6.07, 6.45) is 8.35. The minimum absolute atomic E-state index is 0.0537. The SMILES string of the molecule is CSC1CCCCC1NC(=O)c1ccc(NN)nc1. The molecule has 19 heavy (non-hydrogen) atoms. The van der Waals surface area contributed by atoms with Crippen molar-refractivity contribution in [3.8, 4) is 0 Å². The van der Waals surface area contributed by atoms with E-state index in [4.69, 9.17) is 5.84 Å². The van der Waals surface area contributed by atoms with Gasteiger partial charge in [0.05, 0.1) is 5.56 Å². The number of carbonyl (C=O) groups is 1. The van der Waals surface area contributed by atoms with Crippen LogP contribution in [-0.2, 0) is 0 Å². The van der Waals surface area contributed by atoms with Gasteiger partial charge in [0.2, 0.25) is 0 Å². The monoisotopic (exact) mass is 280 g/mol. The number of hydrogen-bond donors (Lipinski definition) is 3. The molecular formula is C13H20N4OS. The lowest BCUT2D eigenvalue weighted by Gasteiger charge is -2.30. The number of rotatable bonds is 4. The number of amides is 1. The molecule has 0 spiro atoms. The highest BCUT2D eigenvalue weighted by molar-refractivity contribution is 7.99. The number of aromatic nitrogens is 1. The van der Waals surface area contributed by atoms with E-state index < -0.39 is 0 Å². The van der Waals surface area contributed by atoms with Crippen LogP contribution in [0.5, 0.6) is 0 Å². The number of carbonyl (C=O) groups excluding carboxylic acids is 1. The lowest BCUT2D eigenvalue weighted by atomic mass is 9.94. The summed E-state index contributed by atoms with van der Waals surface area (Å²) in [4.78, 5) is 16.2. The number of nitrogens with zero attached hydrogens (tertiary/aromatic N) is 1. The molecule has 1 fully saturated rings. The molecule has 2 rings (SSSR count). The van der Waals surface area contributed by atoms with E-state index in [2.05, 4.69) is 22.0 Å². The van der Waals surface area contributed by atoms with Gasteiger partial charge in [0.15, 0.2) is 0 Å². The van der Waals surface area contributed by atoms with Gasteiger partial charge in [-0.1, -0.05) is 12.8 Å². The van der Waals surface area contributed by atoms with Crippen molar-refractivity contribution < 1.29 is 4.79 Å². The predicted octanol–water partition coefficient (Wildman–Crippen LogP) is 1.77. The van der Waals surface area contributed by atoms with Gasteiger partial charge in [-0.05, 0) is 31.2 Å². The highest BCUT2D eigenvalue weighted by Crippen LogP contribution is 2.27. The number of pyridine rings is 1. The third kappa shape index (κ3) is 3.61. The average Bonchev–Trinajstić information content (AvgIpc) is 2.48. The van der Waals surface area contributed by atoms with Gasteiger partial charge < -0.3 is 10.7 Å². The Bertz CT molecular complexity index is 423. The molecule has 0 radical (unpaired) electrons. The molecule has 1 aliphatic carbocycles. The lowest BCUT2D eigenvalue weighted by molar-refractivity contribution is 0.0929. The molecular weight excluding hydrogens is 260 g/mol. The fraction of sp³-hybridized carbons (Fsp3) is 0.538. The molecule has 0 bridgehead atoms. The van der Waals surface area contributed by atoms with Gasteiger partial charge in [-0.2, -0.15) is 11.8 Å². The van der Waals surface area contributed by atoms with Crippen LogP contribution < -0.4 is 16.6 Å². The standard InChI is InChI=1S/C13H20N4OS/c1-19-11-5-3-2-4-10(11)16-13(18)9-6-7-12(17-14)15-8-9/h6-8,10-11H,2-5,14H2,1H3,(H,15,17)(H,16,18). The first-order chi connectivity index (χ1) is 9.24. The third-order valence-corrected chi connectivity index (χ3v) is 4.67. The summed E-state index contributed by atoms with van der Waals surface area (Å²) < 4.78 is 0. The van der Waals surface area contributed by atoms with Crippen molar-refractivity contribution >= 4 is 23.5 Å². The van der Waals surface area contributed by atoms with E-state index in [9.17, 15) is 4.79 Å². The van der Waals surface area contributed by atoms with Crippen LogP contribution in [0.1, 0.15) is 36.0 Å². The molecule has 0 saturated heterocycles.